The number of rotatable bonds is 7. The Bertz CT molecular complexity index is 193. The van der Waals surface area contributed by atoms with Crippen LogP contribution >= 0.6 is 0 Å². The monoisotopic (exact) mass is 216 g/mol. The zero-order chi connectivity index (χ0) is 11.9. The lowest BCUT2D eigenvalue weighted by molar-refractivity contribution is -0.136. The van der Waals surface area contributed by atoms with E-state index in [1.54, 1.807) is 11.9 Å². The molecule has 4 nitrogen and oxygen atoms in total. The third-order valence-electron chi connectivity index (χ3n) is 2.22. The number of amides is 1. The summed E-state index contributed by atoms with van der Waals surface area (Å²) in [5.74, 6) is 0.0185. The number of nitrogens with zero attached hydrogens (tertiary/aromatic N) is 1. The van der Waals surface area contributed by atoms with Gasteiger partial charge in [-0.1, -0.05) is 20.8 Å². The summed E-state index contributed by atoms with van der Waals surface area (Å²) < 4.78 is 5.19. The van der Waals surface area contributed by atoms with E-state index in [0.717, 1.165) is 6.42 Å². The van der Waals surface area contributed by atoms with Crippen LogP contribution in [-0.4, -0.2) is 44.2 Å². The van der Waals surface area contributed by atoms with Crippen LogP contribution in [0, 0.1) is 5.41 Å². The van der Waals surface area contributed by atoms with Gasteiger partial charge in [0.2, 0.25) is 5.91 Å². The highest BCUT2D eigenvalue weighted by Crippen LogP contribution is 2.13. The Labute approximate surface area is 92.8 Å². The highest BCUT2D eigenvalue weighted by molar-refractivity contribution is 5.77. The van der Waals surface area contributed by atoms with Gasteiger partial charge in [-0.2, -0.15) is 0 Å². The van der Waals surface area contributed by atoms with Crippen molar-refractivity contribution in [3.05, 3.63) is 0 Å². The molecule has 0 aliphatic carbocycles. The Hall–Kier alpha value is -0.610. The van der Waals surface area contributed by atoms with Gasteiger partial charge in [0.15, 0.2) is 0 Å². The molecule has 0 rings (SSSR count). The number of likely N-dealkylation sites (N-methyl/N-ethyl adjacent to an activating group) is 1. The molecule has 0 aromatic rings. The molecule has 0 fully saturated rings. The Morgan fingerprint density at radius 2 is 2.07 bits per heavy atom. The molecule has 0 aliphatic heterocycles. The molecule has 0 atom stereocenters. The van der Waals surface area contributed by atoms with Crippen LogP contribution in [0.2, 0.25) is 0 Å². The maximum Gasteiger partial charge on any atom is 0.248 e. The van der Waals surface area contributed by atoms with Crippen molar-refractivity contribution in [1.29, 1.82) is 0 Å². The lowest BCUT2D eigenvalue weighted by Gasteiger charge is -2.28. The zero-order valence-corrected chi connectivity index (χ0v) is 10.4. The Morgan fingerprint density at radius 3 is 2.53 bits per heavy atom. The molecular formula is C11H24N2O2. The van der Waals surface area contributed by atoms with E-state index in [2.05, 4.69) is 0 Å². The minimum absolute atomic E-state index is 0.0185. The Morgan fingerprint density at radius 1 is 1.47 bits per heavy atom. The molecular weight excluding hydrogens is 192 g/mol. The molecule has 0 heterocycles. The molecule has 4 heteroatoms. The first-order chi connectivity index (χ1) is 6.93. The van der Waals surface area contributed by atoms with Crippen molar-refractivity contribution in [3.8, 4) is 0 Å². The van der Waals surface area contributed by atoms with Gasteiger partial charge in [0, 0.05) is 20.2 Å². The normalized spacial score (nSPS) is 11.5. The number of ether oxygens (including phenoxy) is 1. The maximum atomic E-state index is 11.6. The molecule has 0 aromatic heterocycles. The van der Waals surface area contributed by atoms with Crippen molar-refractivity contribution in [3.63, 3.8) is 0 Å². The van der Waals surface area contributed by atoms with Crippen LogP contribution < -0.4 is 5.73 Å². The molecule has 1 amide bonds. The van der Waals surface area contributed by atoms with Crippen LogP contribution in [0.15, 0.2) is 0 Å². The fourth-order valence-corrected chi connectivity index (χ4v) is 1.21. The number of carbonyl (C=O) groups is 1. The van der Waals surface area contributed by atoms with Gasteiger partial charge in [-0.3, -0.25) is 4.79 Å². The van der Waals surface area contributed by atoms with E-state index in [1.165, 1.54) is 0 Å². The summed E-state index contributed by atoms with van der Waals surface area (Å²) in [6.07, 6.45) is 0.936. The summed E-state index contributed by atoms with van der Waals surface area (Å²) in [6, 6.07) is 0. The van der Waals surface area contributed by atoms with Gasteiger partial charge in [-0.25, -0.2) is 0 Å². The van der Waals surface area contributed by atoms with E-state index in [1.807, 2.05) is 20.8 Å². The predicted molar refractivity (Wildman–Crippen MR) is 61.6 cm³/mol. The van der Waals surface area contributed by atoms with Gasteiger partial charge in [-0.05, 0) is 18.4 Å². The number of carbonyl (C=O) groups excluding carboxylic acids is 1. The van der Waals surface area contributed by atoms with Crippen LogP contribution in [0.3, 0.4) is 0 Å². The summed E-state index contributed by atoms with van der Waals surface area (Å²) >= 11 is 0. The van der Waals surface area contributed by atoms with Crippen LogP contribution in [0.1, 0.15) is 27.2 Å². The van der Waals surface area contributed by atoms with Gasteiger partial charge in [-0.15, -0.1) is 0 Å². The standard InChI is InChI=1S/C11H24N2O2/c1-5-6-15-7-10(14)13(4)9-11(2,3)8-12/h5-9,12H2,1-4H3. The first-order valence-electron chi connectivity index (χ1n) is 5.44. The average molecular weight is 216 g/mol. The van der Waals surface area contributed by atoms with E-state index in [0.29, 0.717) is 19.7 Å². The van der Waals surface area contributed by atoms with Gasteiger partial charge < -0.3 is 15.4 Å². The first kappa shape index (κ1) is 14.4. The summed E-state index contributed by atoms with van der Waals surface area (Å²) in [5, 5.41) is 0. The lowest BCUT2D eigenvalue weighted by atomic mass is 9.93. The molecule has 0 radical (unpaired) electrons. The van der Waals surface area contributed by atoms with Crippen molar-refractivity contribution < 1.29 is 9.53 Å². The van der Waals surface area contributed by atoms with Crippen LogP contribution in [0.25, 0.3) is 0 Å². The highest BCUT2D eigenvalue weighted by Gasteiger charge is 2.20. The molecule has 0 aromatic carbocycles. The molecule has 0 unspecified atom stereocenters. The van der Waals surface area contributed by atoms with Crippen molar-refractivity contribution in [2.75, 3.05) is 33.4 Å². The zero-order valence-electron chi connectivity index (χ0n) is 10.4. The predicted octanol–water partition coefficient (Wildman–Crippen LogP) is 0.856. The smallest absolute Gasteiger partial charge is 0.248 e. The number of nitrogens with two attached hydrogens (primary N) is 1. The Kier molecular flexibility index (Phi) is 6.52. The largest absolute Gasteiger partial charge is 0.372 e. The minimum Gasteiger partial charge on any atom is -0.372 e. The van der Waals surface area contributed by atoms with Crippen LogP contribution in [-0.2, 0) is 9.53 Å². The van der Waals surface area contributed by atoms with Gasteiger partial charge in [0.25, 0.3) is 0 Å². The van der Waals surface area contributed by atoms with Crippen molar-refractivity contribution in [1.82, 2.24) is 4.90 Å². The molecule has 90 valence electrons. The molecule has 0 saturated carbocycles. The van der Waals surface area contributed by atoms with Crippen LogP contribution in [0.5, 0.6) is 0 Å². The van der Waals surface area contributed by atoms with Crippen molar-refractivity contribution in [2.45, 2.75) is 27.2 Å². The summed E-state index contributed by atoms with van der Waals surface area (Å²) in [7, 11) is 1.79. The minimum atomic E-state index is -0.0326. The molecule has 0 saturated heterocycles. The highest BCUT2D eigenvalue weighted by atomic mass is 16.5. The fourth-order valence-electron chi connectivity index (χ4n) is 1.21. The van der Waals surface area contributed by atoms with Crippen LogP contribution in [0.4, 0.5) is 0 Å². The van der Waals surface area contributed by atoms with Crippen molar-refractivity contribution >= 4 is 5.91 Å². The van der Waals surface area contributed by atoms with E-state index in [9.17, 15) is 4.79 Å². The number of hydrogen-bond acceptors (Lipinski definition) is 3. The fraction of sp³-hybridized carbons (Fsp3) is 0.909. The van der Waals surface area contributed by atoms with E-state index in [4.69, 9.17) is 10.5 Å². The summed E-state index contributed by atoms with van der Waals surface area (Å²) in [6.45, 7) is 8.15. The first-order valence-corrected chi connectivity index (χ1v) is 5.44. The molecule has 15 heavy (non-hydrogen) atoms. The van der Waals surface area contributed by atoms with E-state index < -0.39 is 0 Å². The molecule has 2 N–H and O–H groups in total. The van der Waals surface area contributed by atoms with Crippen molar-refractivity contribution in [2.24, 2.45) is 11.1 Å². The second-order valence-corrected chi connectivity index (χ2v) is 4.67. The molecule has 0 spiro atoms. The molecule has 0 bridgehead atoms. The molecule has 0 aliphatic rings. The number of hydrogen-bond donors (Lipinski definition) is 1. The van der Waals surface area contributed by atoms with Gasteiger partial charge in [0.05, 0.1) is 0 Å². The Balaban J connectivity index is 3.88. The van der Waals surface area contributed by atoms with Gasteiger partial charge in [0.1, 0.15) is 6.61 Å². The third kappa shape index (κ3) is 6.47. The second kappa shape index (κ2) is 6.80. The maximum absolute atomic E-state index is 11.6. The van der Waals surface area contributed by atoms with Gasteiger partial charge >= 0.3 is 0 Å². The lowest BCUT2D eigenvalue weighted by Crippen LogP contribution is -2.41. The quantitative estimate of drug-likeness (QED) is 0.642. The topological polar surface area (TPSA) is 55.6 Å². The third-order valence-corrected chi connectivity index (χ3v) is 2.22. The SMILES string of the molecule is CCCOCC(=O)N(C)CC(C)(C)CN. The second-order valence-electron chi connectivity index (χ2n) is 4.67. The van der Waals surface area contributed by atoms with E-state index >= 15 is 0 Å². The van der Waals surface area contributed by atoms with E-state index in [-0.39, 0.29) is 17.9 Å². The summed E-state index contributed by atoms with van der Waals surface area (Å²) in [5.41, 5.74) is 5.57. The average Bonchev–Trinajstić information content (AvgIpc) is 2.17. The summed E-state index contributed by atoms with van der Waals surface area (Å²) in [4.78, 5) is 13.3.